The van der Waals surface area contributed by atoms with E-state index in [2.05, 4.69) is 23.4 Å². The van der Waals surface area contributed by atoms with Crippen LogP contribution in [0.2, 0.25) is 0 Å². The van der Waals surface area contributed by atoms with Crippen molar-refractivity contribution in [1.82, 2.24) is 8.87 Å². The second kappa shape index (κ2) is 9.72. The molecule has 2 aromatic carbocycles. The van der Waals surface area contributed by atoms with Crippen molar-refractivity contribution < 1.29 is 19.4 Å². The van der Waals surface area contributed by atoms with E-state index in [0.717, 1.165) is 46.3 Å². The predicted octanol–water partition coefficient (Wildman–Crippen LogP) is 5.43. The van der Waals surface area contributed by atoms with E-state index < -0.39 is 17.3 Å². The van der Waals surface area contributed by atoms with Gasteiger partial charge in [0.25, 0.3) is 0 Å². The smallest absolute Gasteiger partial charge is 0.312 e. The van der Waals surface area contributed by atoms with Gasteiger partial charge in [-0.15, -0.1) is 0 Å². The van der Waals surface area contributed by atoms with Crippen molar-refractivity contribution in [3.63, 3.8) is 0 Å². The Labute approximate surface area is 223 Å². The second-order valence-corrected chi connectivity index (χ2v) is 11.6. The van der Waals surface area contributed by atoms with Gasteiger partial charge in [-0.25, -0.2) is 0 Å². The number of nitrogens with two attached hydrogens (primary N) is 1. The molecule has 0 bridgehead atoms. The van der Waals surface area contributed by atoms with E-state index >= 15 is 0 Å². The number of thiol groups is 1. The monoisotopic (exact) mass is 521 g/mol. The first-order chi connectivity index (χ1) is 17.7. The van der Waals surface area contributed by atoms with Crippen molar-refractivity contribution in [3.8, 4) is 17.0 Å². The van der Waals surface area contributed by atoms with Crippen LogP contribution < -0.4 is 10.5 Å². The maximum atomic E-state index is 12.5. The van der Waals surface area contributed by atoms with Crippen LogP contribution >= 0.6 is 12.8 Å². The Morgan fingerprint density at radius 2 is 1.84 bits per heavy atom. The molecule has 7 nitrogen and oxygen atoms in total. The molecule has 1 amide bonds. The Morgan fingerprint density at radius 3 is 2.46 bits per heavy atom. The molecule has 37 heavy (non-hydrogen) atoms. The summed E-state index contributed by atoms with van der Waals surface area (Å²) in [5.74, 6) is -0.112. The molecule has 2 fully saturated rings. The van der Waals surface area contributed by atoms with Gasteiger partial charge in [-0.2, -0.15) is 0 Å². The number of carboxylic acid groups (broad SMARTS) is 1. The average molecular weight is 522 g/mol. The van der Waals surface area contributed by atoms with Gasteiger partial charge in [-0.1, -0.05) is 38.1 Å². The van der Waals surface area contributed by atoms with Gasteiger partial charge in [0.2, 0.25) is 5.91 Å². The number of nitrogens with zero attached hydrogens (tertiary/aromatic N) is 2. The highest BCUT2D eigenvalue weighted by molar-refractivity contribution is 7.77. The molecular formula is C29H35N3O4S. The van der Waals surface area contributed by atoms with Crippen molar-refractivity contribution in [2.45, 2.75) is 56.9 Å². The van der Waals surface area contributed by atoms with Crippen LogP contribution in [0.25, 0.3) is 22.2 Å². The molecule has 2 heterocycles. The highest BCUT2D eigenvalue weighted by Crippen LogP contribution is 2.65. The molecule has 0 saturated heterocycles. The van der Waals surface area contributed by atoms with E-state index in [-0.39, 0.29) is 5.92 Å². The number of carbonyl (C=O) groups excluding carboxylic acids is 1. The van der Waals surface area contributed by atoms with Gasteiger partial charge in [0.15, 0.2) is 0 Å². The Balaban J connectivity index is 0.000000655. The van der Waals surface area contributed by atoms with E-state index in [0.29, 0.717) is 24.4 Å². The molecule has 3 N–H and O–H groups in total. The Bertz CT molecular complexity index is 1370. The first-order valence-electron chi connectivity index (χ1n) is 12.9. The average Bonchev–Trinajstić information content (AvgIpc) is 3.55. The van der Waals surface area contributed by atoms with Gasteiger partial charge in [0.05, 0.1) is 18.2 Å². The fourth-order valence-corrected chi connectivity index (χ4v) is 6.43. The topological polar surface area (TPSA) is 97.8 Å². The van der Waals surface area contributed by atoms with Crippen LogP contribution in [0.15, 0.2) is 36.4 Å². The molecular weight excluding hydrogens is 486 g/mol. The molecule has 6 rings (SSSR count). The summed E-state index contributed by atoms with van der Waals surface area (Å²) in [6.45, 7) is 0.394. The zero-order chi connectivity index (χ0) is 26.5. The Hall–Kier alpha value is -2.97. The summed E-state index contributed by atoms with van der Waals surface area (Å²) in [6, 6.07) is 11.8. The number of carbonyl (C=O) groups is 2. The molecule has 0 radical (unpaired) electrons. The Morgan fingerprint density at radius 1 is 1.14 bits per heavy atom. The Kier molecular flexibility index (Phi) is 6.75. The van der Waals surface area contributed by atoms with Crippen LogP contribution in [0.3, 0.4) is 0 Å². The minimum Gasteiger partial charge on any atom is -0.497 e. The summed E-state index contributed by atoms with van der Waals surface area (Å²) in [5, 5.41) is 11.4. The van der Waals surface area contributed by atoms with Gasteiger partial charge in [0, 0.05) is 34.5 Å². The summed E-state index contributed by atoms with van der Waals surface area (Å²) >= 11 is 3.80. The number of hydrogen-bond donors (Lipinski definition) is 3. The van der Waals surface area contributed by atoms with Crippen LogP contribution in [-0.4, -0.2) is 47.1 Å². The molecule has 1 aliphatic heterocycles. The number of benzene rings is 2. The van der Waals surface area contributed by atoms with Crippen molar-refractivity contribution >= 4 is 35.6 Å². The third kappa shape index (κ3) is 4.40. The van der Waals surface area contributed by atoms with E-state index in [1.165, 1.54) is 24.8 Å². The number of rotatable bonds is 4. The number of aromatic nitrogens is 1. The highest BCUT2D eigenvalue weighted by atomic mass is 32.1. The van der Waals surface area contributed by atoms with Crippen molar-refractivity contribution in [2.24, 2.45) is 11.1 Å². The second-order valence-electron chi connectivity index (χ2n) is 10.8. The molecule has 2 saturated carbocycles. The van der Waals surface area contributed by atoms with Gasteiger partial charge in [0.1, 0.15) is 5.75 Å². The maximum absolute atomic E-state index is 12.5. The number of ether oxygens (including phenoxy) is 1. The largest absolute Gasteiger partial charge is 0.497 e. The first-order valence-corrected chi connectivity index (χ1v) is 13.3. The van der Waals surface area contributed by atoms with Gasteiger partial charge < -0.3 is 20.1 Å². The number of amides is 1. The van der Waals surface area contributed by atoms with Crippen LogP contribution in [0.4, 0.5) is 0 Å². The van der Waals surface area contributed by atoms with Crippen molar-refractivity contribution in [2.75, 3.05) is 21.2 Å². The van der Waals surface area contributed by atoms with Crippen molar-refractivity contribution in [1.29, 1.82) is 0 Å². The van der Waals surface area contributed by atoms with E-state index in [9.17, 15) is 14.7 Å². The molecule has 1 aromatic heterocycles. The van der Waals surface area contributed by atoms with Crippen LogP contribution in [0.5, 0.6) is 5.75 Å². The quantitative estimate of drug-likeness (QED) is 0.398. The maximum Gasteiger partial charge on any atom is 0.312 e. The number of methoxy groups -OCH3 is 1. The SMILES string of the molecule is CN(C)S.COc1ccc2c(c1)C1C[C@]1(C(=O)O)Cn1c-2c(C2CCCCC2)c2ccc(C(N)=O)cc21. The summed E-state index contributed by atoms with van der Waals surface area (Å²) in [7, 11) is 5.37. The molecule has 3 aromatic rings. The summed E-state index contributed by atoms with van der Waals surface area (Å²) in [5.41, 5.74) is 10.7. The van der Waals surface area contributed by atoms with Gasteiger partial charge >= 0.3 is 5.97 Å². The lowest BCUT2D eigenvalue weighted by Gasteiger charge is -2.24. The predicted molar refractivity (Wildman–Crippen MR) is 148 cm³/mol. The fraction of sp³-hybridized carbons (Fsp3) is 0.448. The van der Waals surface area contributed by atoms with Gasteiger partial charge in [-0.3, -0.25) is 13.9 Å². The number of aliphatic carboxylic acids is 1. The third-order valence-corrected chi connectivity index (χ3v) is 8.23. The van der Waals surface area contributed by atoms with Crippen LogP contribution in [0.1, 0.15) is 71.8 Å². The first kappa shape index (κ1) is 25.7. The number of hydrogen-bond acceptors (Lipinski definition) is 5. The minimum atomic E-state index is -0.842. The number of carboxylic acids is 1. The normalized spacial score (nSPS) is 22.2. The molecule has 2 atom stereocenters. The zero-order valence-corrected chi connectivity index (χ0v) is 22.6. The lowest BCUT2D eigenvalue weighted by atomic mass is 9.81. The summed E-state index contributed by atoms with van der Waals surface area (Å²) in [4.78, 5) is 24.6. The minimum absolute atomic E-state index is 0.0476. The van der Waals surface area contributed by atoms with Crippen LogP contribution in [0, 0.1) is 5.41 Å². The highest BCUT2D eigenvalue weighted by Gasteiger charge is 2.63. The molecule has 0 spiro atoms. The van der Waals surface area contributed by atoms with E-state index in [1.807, 2.05) is 38.4 Å². The van der Waals surface area contributed by atoms with E-state index in [1.54, 1.807) is 17.5 Å². The lowest BCUT2D eigenvalue weighted by Crippen LogP contribution is -2.23. The van der Waals surface area contributed by atoms with Crippen molar-refractivity contribution in [3.05, 3.63) is 53.1 Å². The van der Waals surface area contributed by atoms with E-state index in [4.69, 9.17) is 10.5 Å². The molecule has 3 aliphatic rings. The zero-order valence-electron chi connectivity index (χ0n) is 21.7. The summed E-state index contributed by atoms with van der Waals surface area (Å²) < 4.78 is 9.38. The third-order valence-electron chi connectivity index (χ3n) is 8.23. The molecule has 196 valence electrons. The summed E-state index contributed by atoms with van der Waals surface area (Å²) in [6.07, 6.45) is 6.52. The molecule has 2 aliphatic carbocycles. The fourth-order valence-electron chi connectivity index (χ4n) is 6.43. The van der Waals surface area contributed by atoms with Gasteiger partial charge in [-0.05, 0) is 80.7 Å². The number of primary amides is 1. The number of fused-ring (bicyclic) bond motifs is 7. The van der Waals surface area contributed by atoms with Crippen LogP contribution in [-0.2, 0) is 11.3 Å². The standard InChI is InChI=1S/C27H28N2O4.C2H7NS/c1-33-17-8-10-18-20(12-17)21-13-27(21,26(31)32)14-29-22-11-16(25(28)30)7-9-19(22)23(24(18)29)15-5-3-2-4-6-15;1-3(2)4/h7-12,15,21H,2-6,13-14H2,1H3,(H2,28,30)(H,31,32);4H,1-2H3/t21?,27-;/m0./s1. The molecule has 8 heteroatoms. The molecule has 1 unspecified atom stereocenters. The lowest BCUT2D eigenvalue weighted by molar-refractivity contribution is -0.144.